The zero-order valence-corrected chi connectivity index (χ0v) is 9.18. The molecule has 0 bridgehead atoms. The highest BCUT2D eigenvalue weighted by Gasteiger charge is 2.36. The average Bonchev–Trinajstić information content (AvgIpc) is 1.93. The topological polar surface area (TPSA) is 66.4 Å². The number of amides is 1. The first-order chi connectivity index (χ1) is 6.93. The Bertz CT molecular complexity index is 281. The maximum Gasteiger partial charge on any atom is 0.397 e. The number of halogens is 3. The molecule has 0 aliphatic heterocycles. The summed E-state index contributed by atoms with van der Waals surface area (Å²) in [4.78, 5) is 21.7. The van der Waals surface area contributed by atoms with Gasteiger partial charge < -0.3 is 10.4 Å². The maximum absolute atomic E-state index is 11.8. The summed E-state index contributed by atoms with van der Waals surface area (Å²) >= 11 is 0. The van der Waals surface area contributed by atoms with E-state index in [0.29, 0.717) is 0 Å². The second kappa shape index (κ2) is 4.71. The van der Waals surface area contributed by atoms with Gasteiger partial charge in [0.05, 0.1) is 0 Å². The van der Waals surface area contributed by atoms with Gasteiger partial charge in [-0.25, -0.2) is 4.79 Å². The lowest BCUT2D eigenvalue weighted by Crippen LogP contribution is -2.49. The lowest BCUT2D eigenvalue weighted by Gasteiger charge is -2.27. The van der Waals surface area contributed by atoms with E-state index in [2.05, 4.69) is 0 Å². The number of hydrogen-bond acceptors (Lipinski definition) is 2. The molecule has 0 rings (SSSR count). The molecule has 0 heterocycles. The second-order valence-electron chi connectivity index (χ2n) is 4.50. The van der Waals surface area contributed by atoms with Crippen molar-refractivity contribution in [2.24, 2.45) is 5.41 Å². The molecule has 0 aliphatic rings. The third-order valence-corrected chi connectivity index (χ3v) is 1.78. The molecule has 7 heteroatoms. The maximum atomic E-state index is 11.8. The normalized spacial score (nSPS) is 14.4. The van der Waals surface area contributed by atoms with Crippen LogP contribution >= 0.6 is 0 Å². The van der Waals surface area contributed by atoms with Gasteiger partial charge in [0, 0.05) is 0 Å². The largest absolute Gasteiger partial charge is 0.480 e. The number of carboxylic acids is 1. The van der Waals surface area contributed by atoms with Crippen LogP contribution in [-0.4, -0.2) is 29.2 Å². The van der Waals surface area contributed by atoms with Gasteiger partial charge >= 0.3 is 12.1 Å². The van der Waals surface area contributed by atoms with Crippen molar-refractivity contribution in [3.8, 4) is 0 Å². The van der Waals surface area contributed by atoms with Crippen LogP contribution in [0.3, 0.4) is 0 Å². The monoisotopic (exact) mass is 241 g/mol. The summed E-state index contributed by atoms with van der Waals surface area (Å²) in [6.07, 6.45) is -6.31. The van der Waals surface area contributed by atoms with E-state index >= 15 is 0 Å². The van der Waals surface area contributed by atoms with Gasteiger partial charge in [-0.1, -0.05) is 20.8 Å². The Morgan fingerprint density at radius 3 is 1.94 bits per heavy atom. The summed E-state index contributed by atoms with van der Waals surface area (Å²) < 4.78 is 35.5. The Morgan fingerprint density at radius 1 is 1.25 bits per heavy atom. The zero-order chi connectivity index (χ0) is 13.1. The molecular formula is C9H14F3NO3. The number of alkyl halides is 3. The van der Waals surface area contributed by atoms with Crippen molar-refractivity contribution in [1.29, 1.82) is 0 Å². The minimum Gasteiger partial charge on any atom is -0.480 e. The molecule has 0 fully saturated rings. The van der Waals surface area contributed by atoms with E-state index in [1.807, 2.05) is 5.32 Å². The third kappa shape index (κ3) is 5.57. The highest BCUT2D eigenvalue weighted by Crippen LogP contribution is 2.22. The lowest BCUT2D eigenvalue weighted by atomic mass is 9.86. The summed E-state index contributed by atoms with van der Waals surface area (Å²) in [6.45, 7) is 4.54. The summed E-state index contributed by atoms with van der Waals surface area (Å²) in [7, 11) is 0. The van der Waals surface area contributed by atoms with Gasteiger partial charge in [0.2, 0.25) is 5.91 Å². The van der Waals surface area contributed by atoms with Crippen molar-refractivity contribution in [2.45, 2.75) is 39.4 Å². The van der Waals surface area contributed by atoms with Gasteiger partial charge in [-0.2, -0.15) is 13.2 Å². The predicted octanol–water partition coefficient (Wildman–Crippen LogP) is 1.55. The number of carboxylic acid groups (broad SMARTS) is 1. The van der Waals surface area contributed by atoms with E-state index in [1.165, 1.54) is 20.8 Å². The highest BCUT2D eigenvalue weighted by atomic mass is 19.4. The Balaban J connectivity index is 4.56. The molecule has 0 saturated heterocycles. The SMILES string of the molecule is CC(C)(C)[C@H](NC(=O)CC(F)(F)F)C(=O)O. The molecule has 4 nitrogen and oxygen atoms in total. The first-order valence-corrected chi connectivity index (χ1v) is 4.52. The first-order valence-electron chi connectivity index (χ1n) is 4.52. The molecule has 94 valence electrons. The highest BCUT2D eigenvalue weighted by molar-refractivity contribution is 5.84. The van der Waals surface area contributed by atoms with Gasteiger partial charge in [0.25, 0.3) is 0 Å². The molecule has 16 heavy (non-hydrogen) atoms. The van der Waals surface area contributed by atoms with Crippen molar-refractivity contribution >= 4 is 11.9 Å². The first kappa shape index (κ1) is 14.7. The second-order valence-corrected chi connectivity index (χ2v) is 4.50. The molecule has 0 spiro atoms. The average molecular weight is 241 g/mol. The van der Waals surface area contributed by atoms with Crippen molar-refractivity contribution in [3.63, 3.8) is 0 Å². The van der Waals surface area contributed by atoms with E-state index in [-0.39, 0.29) is 0 Å². The van der Waals surface area contributed by atoms with E-state index in [9.17, 15) is 22.8 Å². The van der Waals surface area contributed by atoms with E-state index in [4.69, 9.17) is 5.11 Å². The molecule has 0 aromatic heterocycles. The standard InChI is InChI=1S/C9H14F3NO3/c1-8(2,3)6(7(15)16)13-5(14)4-9(10,11)12/h6H,4H2,1-3H3,(H,13,14)(H,15,16)/t6-/m1/s1. The number of carbonyl (C=O) groups excluding carboxylic acids is 1. The quantitative estimate of drug-likeness (QED) is 0.787. The molecule has 0 aromatic carbocycles. The summed E-state index contributed by atoms with van der Waals surface area (Å²) in [5.74, 6) is -2.70. The minimum atomic E-state index is -4.63. The predicted molar refractivity (Wildman–Crippen MR) is 49.7 cm³/mol. The molecule has 0 unspecified atom stereocenters. The van der Waals surface area contributed by atoms with Crippen LogP contribution in [0.5, 0.6) is 0 Å². The molecule has 1 amide bonds. The van der Waals surface area contributed by atoms with Crippen LogP contribution in [0.25, 0.3) is 0 Å². The number of rotatable bonds is 3. The summed E-state index contributed by atoms with van der Waals surface area (Å²) in [6, 6.07) is -1.35. The summed E-state index contributed by atoms with van der Waals surface area (Å²) in [5.41, 5.74) is -0.854. The third-order valence-electron chi connectivity index (χ3n) is 1.78. The fraction of sp³-hybridized carbons (Fsp3) is 0.778. The Morgan fingerprint density at radius 2 is 1.69 bits per heavy atom. The molecule has 0 saturated carbocycles. The Kier molecular flexibility index (Phi) is 4.34. The molecule has 0 aromatic rings. The molecular weight excluding hydrogens is 227 g/mol. The molecule has 1 atom stereocenters. The lowest BCUT2D eigenvalue weighted by molar-refractivity contribution is -0.158. The van der Waals surface area contributed by atoms with Gasteiger partial charge in [-0.3, -0.25) is 4.79 Å². The van der Waals surface area contributed by atoms with Crippen LogP contribution in [0, 0.1) is 5.41 Å². The van der Waals surface area contributed by atoms with E-state index < -0.39 is 35.9 Å². The van der Waals surface area contributed by atoms with Crippen LogP contribution in [0.15, 0.2) is 0 Å². The van der Waals surface area contributed by atoms with Crippen LogP contribution in [0.2, 0.25) is 0 Å². The van der Waals surface area contributed by atoms with Gasteiger partial charge in [0.1, 0.15) is 12.5 Å². The van der Waals surface area contributed by atoms with Crippen molar-refractivity contribution in [2.75, 3.05) is 0 Å². The zero-order valence-electron chi connectivity index (χ0n) is 9.18. The Labute approximate surface area is 90.8 Å². The number of nitrogens with one attached hydrogen (secondary N) is 1. The van der Waals surface area contributed by atoms with Gasteiger partial charge in [-0.05, 0) is 5.41 Å². The van der Waals surface area contributed by atoms with Crippen LogP contribution < -0.4 is 5.32 Å². The van der Waals surface area contributed by atoms with Crippen molar-refractivity contribution in [1.82, 2.24) is 5.32 Å². The Hall–Kier alpha value is -1.27. The number of aliphatic carboxylic acids is 1. The van der Waals surface area contributed by atoms with Crippen LogP contribution in [0.1, 0.15) is 27.2 Å². The van der Waals surface area contributed by atoms with Gasteiger partial charge in [0.15, 0.2) is 0 Å². The number of hydrogen-bond donors (Lipinski definition) is 2. The van der Waals surface area contributed by atoms with Crippen molar-refractivity contribution in [3.05, 3.63) is 0 Å². The van der Waals surface area contributed by atoms with Crippen LogP contribution in [-0.2, 0) is 9.59 Å². The van der Waals surface area contributed by atoms with Crippen molar-refractivity contribution < 1.29 is 27.9 Å². The van der Waals surface area contributed by atoms with E-state index in [1.54, 1.807) is 0 Å². The fourth-order valence-corrected chi connectivity index (χ4v) is 1.04. The molecule has 0 radical (unpaired) electrons. The van der Waals surface area contributed by atoms with Crippen LogP contribution in [0.4, 0.5) is 13.2 Å². The molecule has 0 aliphatic carbocycles. The molecule has 2 N–H and O–H groups in total. The smallest absolute Gasteiger partial charge is 0.397 e. The fourth-order valence-electron chi connectivity index (χ4n) is 1.04. The van der Waals surface area contributed by atoms with E-state index in [0.717, 1.165) is 0 Å². The van der Waals surface area contributed by atoms with Gasteiger partial charge in [-0.15, -0.1) is 0 Å². The minimum absolute atomic E-state index is 0.854. The number of carbonyl (C=O) groups is 2. The summed E-state index contributed by atoms with van der Waals surface area (Å²) in [5, 5.41) is 10.6.